The first kappa shape index (κ1) is 30.5. The van der Waals surface area contributed by atoms with Gasteiger partial charge in [0.1, 0.15) is 6.54 Å². The number of rotatable bonds is 17. The van der Waals surface area contributed by atoms with Crippen LogP contribution in [0.5, 0.6) is 0 Å². The van der Waals surface area contributed by atoms with Crippen molar-refractivity contribution in [3.63, 3.8) is 0 Å². The third kappa shape index (κ3) is 27.3. The van der Waals surface area contributed by atoms with Crippen molar-refractivity contribution in [2.75, 3.05) is 47.4 Å². The smallest absolute Gasteiger partial charge is 0.219 e. The molecule has 8 nitrogen and oxygen atoms in total. The van der Waals surface area contributed by atoms with Crippen molar-refractivity contribution in [1.29, 1.82) is 0 Å². The molecule has 0 bridgehead atoms. The monoisotopic (exact) mass is 440 g/mol. The first-order valence-electron chi connectivity index (χ1n) is 10.8. The fraction of sp³-hybridized carbons (Fsp3) is 0.950. The molecule has 0 atom stereocenters. The van der Waals surface area contributed by atoms with E-state index in [4.69, 9.17) is 5.11 Å². The number of aliphatic hydroxyl groups excluding tert-OH is 1. The van der Waals surface area contributed by atoms with Crippen LogP contribution in [0.4, 0.5) is 0 Å². The summed E-state index contributed by atoms with van der Waals surface area (Å²) in [5, 5.41) is 12.0. The first-order valence-corrected chi connectivity index (χ1v) is 12.1. The Balaban J connectivity index is 0. The Kier molecular flexibility index (Phi) is 20.2. The number of likely N-dealkylation sites (N-methyl/N-ethyl adjacent to an activating group) is 1. The second kappa shape index (κ2) is 19.2. The Hall–Kier alpha value is -0.740. The number of unbranched alkanes of at least 4 members (excludes halogenated alkanes) is 8. The van der Waals surface area contributed by atoms with Gasteiger partial charge in [-0.15, -0.1) is 0 Å². The zero-order chi connectivity index (χ0) is 22.6. The zero-order valence-electron chi connectivity index (χ0n) is 19.0. The number of amides is 1. The van der Waals surface area contributed by atoms with E-state index in [1.54, 1.807) is 0 Å². The topological polar surface area (TPSA) is 116 Å². The summed E-state index contributed by atoms with van der Waals surface area (Å²) >= 11 is 0. The Bertz CT molecular complexity index is 483. The SMILES string of the molecule is CCCCCCCCCCCC(=O)NCCC[N+](C)(C)CCO.COS(=O)(=O)[O-]. The summed E-state index contributed by atoms with van der Waals surface area (Å²) in [6, 6.07) is 0. The molecule has 0 rings (SSSR count). The van der Waals surface area contributed by atoms with Gasteiger partial charge in [-0.25, -0.2) is 8.42 Å². The molecule has 1 amide bonds. The second-order valence-corrected chi connectivity index (χ2v) is 9.11. The summed E-state index contributed by atoms with van der Waals surface area (Å²) in [4.78, 5) is 11.7. The minimum atomic E-state index is -4.41. The molecule has 0 saturated heterocycles. The van der Waals surface area contributed by atoms with E-state index in [2.05, 4.69) is 30.5 Å². The average Bonchev–Trinajstić information content (AvgIpc) is 2.64. The van der Waals surface area contributed by atoms with Gasteiger partial charge in [0.2, 0.25) is 16.3 Å². The van der Waals surface area contributed by atoms with Crippen molar-refractivity contribution >= 4 is 16.3 Å². The highest BCUT2D eigenvalue weighted by atomic mass is 32.3. The molecule has 29 heavy (non-hydrogen) atoms. The Morgan fingerprint density at radius 3 is 1.90 bits per heavy atom. The molecule has 0 spiro atoms. The minimum Gasteiger partial charge on any atom is -0.726 e. The lowest BCUT2D eigenvalue weighted by molar-refractivity contribution is -0.890. The quantitative estimate of drug-likeness (QED) is 0.155. The lowest BCUT2D eigenvalue weighted by Crippen LogP contribution is -2.43. The summed E-state index contributed by atoms with van der Waals surface area (Å²) in [6.45, 7) is 4.98. The Morgan fingerprint density at radius 1 is 0.966 bits per heavy atom. The highest BCUT2D eigenvalue weighted by Gasteiger charge is 2.13. The fourth-order valence-corrected chi connectivity index (χ4v) is 2.80. The van der Waals surface area contributed by atoms with E-state index in [1.165, 1.54) is 51.4 Å². The van der Waals surface area contributed by atoms with E-state index in [9.17, 15) is 17.8 Å². The van der Waals surface area contributed by atoms with Crippen LogP contribution in [-0.2, 0) is 19.4 Å². The van der Waals surface area contributed by atoms with Crippen LogP contribution in [0.1, 0.15) is 77.6 Å². The minimum absolute atomic E-state index is 0.195. The van der Waals surface area contributed by atoms with Gasteiger partial charge in [0, 0.05) is 19.4 Å². The number of quaternary nitrogens is 1. The molecule has 0 aromatic heterocycles. The van der Waals surface area contributed by atoms with E-state index in [0.29, 0.717) is 6.42 Å². The Morgan fingerprint density at radius 2 is 1.45 bits per heavy atom. The third-order valence-electron chi connectivity index (χ3n) is 4.68. The molecule has 0 saturated carbocycles. The molecule has 0 aliphatic rings. The summed E-state index contributed by atoms with van der Waals surface area (Å²) in [5.74, 6) is 0.195. The summed E-state index contributed by atoms with van der Waals surface area (Å²) in [6.07, 6.45) is 13.2. The van der Waals surface area contributed by atoms with Gasteiger partial charge in [-0.2, -0.15) is 0 Å². The van der Waals surface area contributed by atoms with Crippen molar-refractivity contribution in [2.45, 2.75) is 77.6 Å². The molecular formula is C20H44N2O6S. The number of carbonyl (C=O) groups excluding carboxylic acids is 1. The third-order valence-corrected chi connectivity index (χ3v) is 5.09. The van der Waals surface area contributed by atoms with Crippen LogP contribution in [0.25, 0.3) is 0 Å². The van der Waals surface area contributed by atoms with Gasteiger partial charge < -0.3 is 19.5 Å². The molecule has 9 heteroatoms. The standard InChI is InChI=1S/C19H40N2O2.CH4O4S/c1-4-5-6-7-8-9-10-11-12-14-19(23)20-15-13-16-21(2,3)17-18-22;1-5-6(2,3)4/h22H,4-18H2,1-3H3;1H3,(H,2,3,4). The van der Waals surface area contributed by atoms with Crippen LogP contribution in [0, 0.1) is 0 Å². The first-order chi connectivity index (χ1) is 13.6. The molecule has 0 unspecified atom stereocenters. The number of aliphatic hydroxyl groups is 1. The number of hydrogen-bond acceptors (Lipinski definition) is 6. The molecule has 0 heterocycles. The number of hydrogen-bond donors (Lipinski definition) is 2. The van der Waals surface area contributed by atoms with Crippen LogP contribution in [-0.4, -0.2) is 75.9 Å². The van der Waals surface area contributed by atoms with E-state index < -0.39 is 10.4 Å². The number of carbonyl (C=O) groups is 1. The largest absolute Gasteiger partial charge is 0.726 e. The molecule has 0 aliphatic carbocycles. The predicted octanol–water partition coefficient (Wildman–Crippen LogP) is 2.58. The van der Waals surface area contributed by atoms with Crippen molar-refractivity contribution < 1.29 is 31.5 Å². The molecule has 0 aromatic rings. The van der Waals surface area contributed by atoms with Gasteiger partial charge in [0.15, 0.2) is 0 Å². The number of nitrogens with zero attached hydrogens (tertiary/aromatic N) is 1. The molecular weight excluding hydrogens is 396 g/mol. The van der Waals surface area contributed by atoms with Gasteiger partial charge >= 0.3 is 0 Å². The molecule has 0 fully saturated rings. The van der Waals surface area contributed by atoms with Gasteiger partial charge in [-0.3, -0.25) is 8.98 Å². The van der Waals surface area contributed by atoms with Crippen LogP contribution < -0.4 is 5.32 Å². The average molecular weight is 441 g/mol. The maximum atomic E-state index is 11.7. The van der Waals surface area contributed by atoms with Crippen molar-refractivity contribution in [3.05, 3.63) is 0 Å². The van der Waals surface area contributed by atoms with Gasteiger partial charge in [-0.05, 0) is 6.42 Å². The summed E-state index contributed by atoms with van der Waals surface area (Å²) < 4.78 is 31.8. The lowest BCUT2D eigenvalue weighted by Gasteiger charge is -2.28. The molecule has 176 valence electrons. The van der Waals surface area contributed by atoms with Crippen molar-refractivity contribution in [1.82, 2.24) is 5.32 Å². The van der Waals surface area contributed by atoms with Gasteiger partial charge in [0.25, 0.3) is 0 Å². The van der Waals surface area contributed by atoms with Crippen LogP contribution in [0.2, 0.25) is 0 Å². The van der Waals surface area contributed by atoms with E-state index >= 15 is 0 Å². The van der Waals surface area contributed by atoms with E-state index in [1.807, 2.05) is 0 Å². The van der Waals surface area contributed by atoms with E-state index in [0.717, 1.165) is 44.1 Å². The van der Waals surface area contributed by atoms with Crippen LogP contribution in [0.3, 0.4) is 0 Å². The lowest BCUT2D eigenvalue weighted by atomic mass is 10.1. The van der Waals surface area contributed by atoms with Crippen molar-refractivity contribution in [3.8, 4) is 0 Å². The summed E-state index contributed by atoms with van der Waals surface area (Å²) in [5.41, 5.74) is 0. The van der Waals surface area contributed by atoms with Gasteiger partial charge in [0.05, 0.1) is 34.4 Å². The van der Waals surface area contributed by atoms with Gasteiger partial charge in [-0.1, -0.05) is 58.3 Å². The Labute approximate surface area is 178 Å². The fourth-order valence-electron chi connectivity index (χ4n) is 2.80. The van der Waals surface area contributed by atoms with Crippen LogP contribution in [0.15, 0.2) is 0 Å². The maximum Gasteiger partial charge on any atom is 0.219 e. The zero-order valence-corrected chi connectivity index (χ0v) is 19.8. The van der Waals surface area contributed by atoms with Crippen molar-refractivity contribution in [2.24, 2.45) is 0 Å². The van der Waals surface area contributed by atoms with E-state index in [-0.39, 0.29) is 12.5 Å². The van der Waals surface area contributed by atoms with Crippen LogP contribution >= 0.6 is 0 Å². The second-order valence-electron chi connectivity index (χ2n) is 7.96. The molecule has 0 aliphatic heterocycles. The number of nitrogens with one attached hydrogen (secondary N) is 1. The normalized spacial score (nSPS) is 11.7. The highest BCUT2D eigenvalue weighted by molar-refractivity contribution is 7.80. The maximum absolute atomic E-state index is 11.7. The highest BCUT2D eigenvalue weighted by Crippen LogP contribution is 2.10. The molecule has 0 radical (unpaired) electrons. The molecule has 0 aromatic carbocycles. The predicted molar refractivity (Wildman–Crippen MR) is 115 cm³/mol. The summed E-state index contributed by atoms with van der Waals surface area (Å²) in [7, 11) is 0.619. The molecule has 2 N–H and O–H groups in total.